The van der Waals surface area contributed by atoms with Gasteiger partial charge in [-0.15, -0.1) is 11.8 Å². The minimum Gasteiger partial charge on any atom is -0.469 e. The van der Waals surface area contributed by atoms with E-state index in [1.807, 2.05) is 0 Å². The molecule has 0 radical (unpaired) electrons. The van der Waals surface area contributed by atoms with E-state index in [1.165, 1.54) is 13.2 Å². The van der Waals surface area contributed by atoms with Crippen molar-refractivity contribution in [1.82, 2.24) is 0 Å². The van der Waals surface area contributed by atoms with Gasteiger partial charge in [0.05, 0.1) is 25.8 Å². The Hall–Kier alpha value is -2.62. The lowest BCUT2D eigenvalue weighted by Crippen LogP contribution is -2.54. The zero-order valence-electron chi connectivity index (χ0n) is 18.6. The van der Waals surface area contributed by atoms with Gasteiger partial charge in [-0.2, -0.15) is 0 Å². The Balaban J connectivity index is 2.22. The molecule has 1 aromatic rings. The number of benzene rings is 1. The first kappa shape index (κ1) is 24.0. The second-order valence-corrected chi connectivity index (χ2v) is 9.73. The molecule has 2 amide bonds. The number of nitrogens with zero attached hydrogens (tertiary/aromatic N) is 1. The molecule has 2 heterocycles. The average molecular weight is 468 g/mol. The maximum absolute atomic E-state index is 14.4. The third-order valence-electron chi connectivity index (χ3n) is 5.44. The van der Waals surface area contributed by atoms with Gasteiger partial charge in [-0.05, 0) is 63.1 Å². The molecule has 8 nitrogen and oxygen atoms in total. The van der Waals surface area contributed by atoms with Crippen molar-refractivity contribution in [3.8, 4) is 0 Å². The van der Waals surface area contributed by atoms with Gasteiger partial charge >= 0.3 is 18.0 Å². The first-order valence-corrected chi connectivity index (χ1v) is 11.2. The Morgan fingerprint density at radius 3 is 2.56 bits per heavy atom. The number of carbonyl (C=O) groups is 4. The summed E-state index contributed by atoms with van der Waals surface area (Å²) in [5.41, 5.74) is -2.30. The summed E-state index contributed by atoms with van der Waals surface area (Å²) in [6.07, 6.45) is -1.13. The number of ether oxygens (including phenoxy) is 3. The van der Waals surface area contributed by atoms with Gasteiger partial charge in [-0.1, -0.05) is 0 Å². The molecule has 0 aromatic heterocycles. The van der Waals surface area contributed by atoms with Crippen molar-refractivity contribution in [2.24, 2.45) is 5.92 Å². The molecule has 0 saturated carbocycles. The number of rotatable bonds is 4. The van der Waals surface area contributed by atoms with E-state index in [2.05, 4.69) is 0 Å². The number of carbonyl (C=O) groups excluding carboxylic acids is 4. The van der Waals surface area contributed by atoms with E-state index in [9.17, 15) is 23.6 Å². The topological polar surface area (TPSA) is 99.2 Å². The lowest BCUT2D eigenvalue weighted by Gasteiger charge is -2.33. The summed E-state index contributed by atoms with van der Waals surface area (Å²) < 4.78 is 29.8. The fraction of sp³-hybridized carbons (Fsp3) is 0.545. The molecular formula is C22H26FNO7S. The third-order valence-corrected chi connectivity index (χ3v) is 6.93. The van der Waals surface area contributed by atoms with Crippen LogP contribution in [-0.2, 0) is 34.0 Å². The molecule has 0 bridgehead atoms. The van der Waals surface area contributed by atoms with Gasteiger partial charge in [0.15, 0.2) is 0 Å². The second-order valence-electron chi connectivity index (χ2n) is 8.59. The summed E-state index contributed by atoms with van der Waals surface area (Å²) in [6.45, 7) is 6.67. The Morgan fingerprint density at radius 2 is 1.97 bits per heavy atom. The number of hydrogen-bond donors (Lipinski definition) is 0. The molecule has 2 aliphatic rings. The molecule has 1 spiro atoms. The number of methoxy groups -OCH3 is 1. The molecule has 1 fully saturated rings. The molecule has 0 aliphatic carbocycles. The summed E-state index contributed by atoms with van der Waals surface area (Å²) in [7, 11) is 1.22. The largest absolute Gasteiger partial charge is 0.469 e. The summed E-state index contributed by atoms with van der Waals surface area (Å²) in [4.78, 5) is 52.9. The van der Waals surface area contributed by atoms with E-state index in [0.29, 0.717) is 0 Å². The van der Waals surface area contributed by atoms with Crippen molar-refractivity contribution >= 4 is 41.4 Å². The van der Waals surface area contributed by atoms with Crippen LogP contribution in [0, 0.1) is 11.7 Å². The molecule has 3 atom stereocenters. The molecule has 2 aliphatic heterocycles. The van der Waals surface area contributed by atoms with Gasteiger partial charge in [-0.3, -0.25) is 14.4 Å². The van der Waals surface area contributed by atoms with E-state index < -0.39 is 51.9 Å². The van der Waals surface area contributed by atoms with Crippen molar-refractivity contribution in [2.45, 2.75) is 50.4 Å². The molecule has 32 heavy (non-hydrogen) atoms. The molecule has 3 rings (SSSR count). The highest BCUT2D eigenvalue weighted by Gasteiger charge is 2.67. The van der Waals surface area contributed by atoms with Crippen molar-refractivity contribution < 1.29 is 37.8 Å². The highest BCUT2D eigenvalue weighted by molar-refractivity contribution is 8.01. The number of amides is 2. The van der Waals surface area contributed by atoms with Crippen molar-refractivity contribution in [1.29, 1.82) is 0 Å². The van der Waals surface area contributed by atoms with Crippen molar-refractivity contribution in [3.63, 3.8) is 0 Å². The molecule has 174 valence electrons. The lowest BCUT2D eigenvalue weighted by atomic mass is 9.68. The van der Waals surface area contributed by atoms with E-state index in [4.69, 9.17) is 14.2 Å². The first-order chi connectivity index (χ1) is 15.0. The molecule has 0 N–H and O–H groups in total. The van der Waals surface area contributed by atoms with Crippen LogP contribution in [-0.4, -0.2) is 54.3 Å². The lowest BCUT2D eigenvalue weighted by molar-refractivity contribution is -0.148. The Labute approximate surface area is 189 Å². The number of fused-ring (bicyclic) bond motifs is 2. The van der Waals surface area contributed by atoms with Gasteiger partial charge in [-0.25, -0.2) is 14.1 Å². The Morgan fingerprint density at radius 1 is 1.28 bits per heavy atom. The first-order valence-electron chi connectivity index (χ1n) is 10.2. The van der Waals surface area contributed by atoms with Gasteiger partial charge in [0.25, 0.3) is 0 Å². The quantitative estimate of drug-likeness (QED) is 0.492. The van der Waals surface area contributed by atoms with Crippen LogP contribution in [0.4, 0.5) is 14.9 Å². The maximum atomic E-state index is 14.4. The number of esters is 2. The molecule has 1 aromatic carbocycles. The summed E-state index contributed by atoms with van der Waals surface area (Å²) in [5, 5.41) is -1.07. The van der Waals surface area contributed by atoms with Crippen LogP contribution in [0.1, 0.15) is 39.7 Å². The molecule has 1 saturated heterocycles. The highest BCUT2D eigenvalue weighted by atomic mass is 32.2. The van der Waals surface area contributed by atoms with E-state index in [0.717, 1.165) is 28.8 Å². The zero-order valence-corrected chi connectivity index (χ0v) is 19.4. The number of anilines is 1. The Kier molecular flexibility index (Phi) is 6.55. The van der Waals surface area contributed by atoms with E-state index in [1.54, 1.807) is 27.7 Å². The van der Waals surface area contributed by atoms with E-state index >= 15 is 0 Å². The predicted molar refractivity (Wildman–Crippen MR) is 115 cm³/mol. The van der Waals surface area contributed by atoms with Gasteiger partial charge < -0.3 is 14.2 Å². The third kappa shape index (κ3) is 3.96. The van der Waals surface area contributed by atoms with Crippen LogP contribution >= 0.6 is 11.8 Å². The number of hydrogen-bond acceptors (Lipinski definition) is 8. The average Bonchev–Trinajstić information content (AvgIpc) is 3.18. The number of imide groups is 1. The SMILES string of the molecule is CCOC(=O)[C@H]1SC[C@@H](CC(=O)OC)[C@]12C(=O)N(C(=O)OC(C)(C)C)c1ccc(F)cc12. The second kappa shape index (κ2) is 8.73. The molecule has 10 heteroatoms. The predicted octanol–water partition coefficient (Wildman–Crippen LogP) is 3.20. The maximum Gasteiger partial charge on any atom is 0.421 e. The smallest absolute Gasteiger partial charge is 0.421 e. The summed E-state index contributed by atoms with van der Waals surface area (Å²) in [5.74, 6) is -3.12. The van der Waals surface area contributed by atoms with Crippen molar-refractivity contribution in [3.05, 3.63) is 29.6 Å². The van der Waals surface area contributed by atoms with Crippen LogP contribution < -0.4 is 4.90 Å². The van der Waals surface area contributed by atoms with E-state index in [-0.39, 0.29) is 30.0 Å². The number of thioether (sulfide) groups is 1. The highest BCUT2D eigenvalue weighted by Crippen LogP contribution is 2.58. The van der Waals surface area contributed by atoms with Crippen LogP contribution in [0.5, 0.6) is 0 Å². The number of halogens is 1. The summed E-state index contributed by atoms with van der Waals surface area (Å²) in [6, 6.07) is 3.57. The van der Waals surface area contributed by atoms with Crippen LogP contribution in [0.2, 0.25) is 0 Å². The minimum absolute atomic E-state index is 0.0770. The molecular weight excluding hydrogens is 441 g/mol. The van der Waals surface area contributed by atoms with Gasteiger partial charge in [0.1, 0.15) is 22.1 Å². The van der Waals surface area contributed by atoms with Gasteiger partial charge in [0.2, 0.25) is 5.91 Å². The Bertz CT molecular complexity index is 960. The van der Waals surface area contributed by atoms with Crippen LogP contribution in [0.25, 0.3) is 0 Å². The fourth-order valence-electron chi connectivity index (χ4n) is 4.25. The monoisotopic (exact) mass is 467 g/mol. The fourth-order valence-corrected chi connectivity index (χ4v) is 5.94. The van der Waals surface area contributed by atoms with Crippen molar-refractivity contribution in [2.75, 3.05) is 24.4 Å². The zero-order chi connectivity index (χ0) is 23.8. The normalized spacial score (nSPS) is 24.4. The standard InChI is InChI=1S/C22H26FNO7S/c1-6-30-18(26)17-22(12(11-32-17)9-16(25)29-5)14-10-13(23)7-8-15(14)24(19(22)27)20(28)31-21(2,3)4/h7-8,10,12,17H,6,9,11H2,1-5H3/t12-,17-,22-/m1/s1. The molecule has 0 unspecified atom stereocenters. The van der Waals surface area contributed by atoms with Crippen LogP contribution in [0.15, 0.2) is 18.2 Å². The van der Waals surface area contributed by atoms with Gasteiger partial charge in [0, 0.05) is 0 Å². The van der Waals surface area contributed by atoms with Crippen LogP contribution in [0.3, 0.4) is 0 Å². The minimum atomic E-state index is -1.68. The summed E-state index contributed by atoms with van der Waals surface area (Å²) >= 11 is 1.14.